The lowest BCUT2D eigenvalue weighted by Crippen LogP contribution is -2.12. The van der Waals surface area contributed by atoms with Crippen LogP contribution in [0.5, 0.6) is 0 Å². The van der Waals surface area contributed by atoms with E-state index < -0.39 is 0 Å². The zero-order chi connectivity index (χ0) is 6.24. The average Bonchev–Trinajstić information content (AvgIpc) is 1.81. The molecule has 2 N–H and O–H groups in total. The lowest BCUT2D eigenvalue weighted by Gasteiger charge is -1.93. The van der Waals surface area contributed by atoms with Gasteiger partial charge in [0.25, 0.3) is 0 Å². The molecule has 0 unspecified atom stereocenters. The first-order chi connectivity index (χ1) is 3.91. The van der Waals surface area contributed by atoms with Crippen molar-refractivity contribution >= 4 is 6.41 Å². The smallest absolute Gasteiger partial charge is 0.207 e. The van der Waals surface area contributed by atoms with Crippen molar-refractivity contribution in [3.63, 3.8) is 0 Å². The van der Waals surface area contributed by atoms with Gasteiger partial charge in [0.15, 0.2) is 0 Å². The van der Waals surface area contributed by atoms with Gasteiger partial charge < -0.3 is 10.4 Å². The minimum atomic E-state index is 0.209. The zero-order valence-corrected chi connectivity index (χ0v) is 4.76. The van der Waals surface area contributed by atoms with Crippen molar-refractivity contribution in [3.8, 4) is 0 Å². The quantitative estimate of drug-likeness (QED) is 0.377. The Morgan fingerprint density at radius 2 is 2.25 bits per heavy atom. The number of aliphatic hydroxyl groups is 1. The van der Waals surface area contributed by atoms with Crippen LogP contribution in [-0.2, 0) is 4.79 Å². The summed E-state index contributed by atoms with van der Waals surface area (Å²) in [5.74, 6) is 0. The Bertz CT molecular complexity index is 56.4. The highest BCUT2D eigenvalue weighted by Gasteiger charge is 1.81. The van der Waals surface area contributed by atoms with E-state index in [-0.39, 0.29) is 6.61 Å². The fourth-order valence-corrected chi connectivity index (χ4v) is 0.398. The highest BCUT2D eigenvalue weighted by atomic mass is 16.2. The number of carbonyl (C=O) groups is 1. The summed E-state index contributed by atoms with van der Waals surface area (Å²) >= 11 is 0. The van der Waals surface area contributed by atoms with Gasteiger partial charge in [0.2, 0.25) is 6.41 Å². The van der Waals surface area contributed by atoms with E-state index in [1.54, 1.807) is 0 Å². The van der Waals surface area contributed by atoms with Gasteiger partial charge in [-0.05, 0) is 12.8 Å². The topological polar surface area (TPSA) is 49.3 Å². The molecule has 1 amide bonds. The van der Waals surface area contributed by atoms with Gasteiger partial charge in [-0.15, -0.1) is 0 Å². The molecule has 0 bridgehead atoms. The van der Waals surface area contributed by atoms with Crippen molar-refractivity contribution in [1.29, 1.82) is 0 Å². The molecule has 0 radical (unpaired) electrons. The molecule has 0 saturated heterocycles. The first-order valence-corrected chi connectivity index (χ1v) is 2.69. The largest absolute Gasteiger partial charge is 0.396 e. The third-order valence-electron chi connectivity index (χ3n) is 0.813. The van der Waals surface area contributed by atoms with Crippen LogP contribution in [0, 0.1) is 0 Å². The van der Waals surface area contributed by atoms with E-state index in [4.69, 9.17) is 5.11 Å². The van der Waals surface area contributed by atoms with Gasteiger partial charge in [-0.25, -0.2) is 0 Å². The molecular weight excluding hydrogens is 106 g/mol. The lowest BCUT2D eigenvalue weighted by atomic mass is 10.3. The normalized spacial score (nSPS) is 8.62. The number of hydrogen-bond acceptors (Lipinski definition) is 2. The Labute approximate surface area is 48.7 Å². The number of aliphatic hydroxyl groups excluding tert-OH is 1. The third kappa shape index (κ3) is 5.43. The Kier molecular flexibility index (Phi) is 5.97. The Balaban J connectivity index is 2.62. The van der Waals surface area contributed by atoms with Gasteiger partial charge in [-0.3, -0.25) is 4.79 Å². The van der Waals surface area contributed by atoms with Crippen molar-refractivity contribution in [2.45, 2.75) is 12.8 Å². The summed E-state index contributed by atoms with van der Waals surface area (Å²) in [4.78, 5) is 9.59. The van der Waals surface area contributed by atoms with Crippen molar-refractivity contribution < 1.29 is 9.90 Å². The Morgan fingerprint density at radius 1 is 1.50 bits per heavy atom. The molecular formula is C5H11NO2. The molecule has 0 aromatic carbocycles. The van der Waals surface area contributed by atoms with E-state index in [0.717, 1.165) is 12.8 Å². The summed E-state index contributed by atoms with van der Waals surface area (Å²) in [6, 6.07) is 0. The number of nitrogens with one attached hydrogen (secondary N) is 1. The van der Waals surface area contributed by atoms with Gasteiger partial charge in [0.05, 0.1) is 0 Å². The van der Waals surface area contributed by atoms with Crippen molar-refractivity contribution in [2.24, 2.45) is 0 Å². The second-order valence-corrected chi connectivity index (χ2v) is 1.50. The second-order valence-electron chi connectivity index (χ2n) is 1.50. The maximum atomic E-state index is 9.59. The van der Waals surface area contributed by atoms with Crippen LogP contribution in [0.15, 0.2) is 0 Å². The summed E-state index contributed by atoms with van der Waals surface area (Å²) in [6.45, 7) is 0.880. The van der Waals surface area contributed by atoms with E-state index >= 15 is 0 Å². The maximum Gasteiger partial charge on any atom is 0.207 e. The summed E-state index contributed by atoms with van der Waals surface area (Å²) in [5.41, 5.74) is 0. The van der Waals surface area contributed by atoms with E-state index in [1.807, 2.05) is 0 Å². The van der Waals surface area contributed by atoms with Crippen LogP contribution in [0.25, 0.3) is 0 Å². The van der Waals surface area contributed by atoms with Gasteiger partial charge in [0.1, 0.15) is 0 Å². The summed E-state index contributed by atoms with van der Waals surface area (Å²) in [6.07, 6.45) is 2.29. The monoisotopic (exact) mass is 117 g/mol. The molecule has 0 atom stereocenters. The second kappa shape index (κ2) is 6.43. The number of rotatable bonds is 5. The first-order valence-electron chi connectivity index (χ1n) is 2.69. The van der Waals surface area contributed by atoms with Crippen LogP contribution in [0.2, 0.25) is 0 Å². The highest BCUT2D eigenvalue weighted by molar-refractivity contribution is 5.45. The molecule has 0 rings (SSSR count). The molecule has 0 saturated carbocycles. The first kappa shape index (κ1) is 7.43. The highest BCUT2D eigenvalue weighted by Crippen LogP contribution is 1.81. The van der Waals surface area contributed by atoms with Crippen LogP contribution in [0.4, 0.5) is 0 Å². The molecule has 3 nitrogen and oxygen atoms in total. The molecule has 0 spiro atoms. The van der Waals surface area contributed by atoms with E-state index in [0.29, 0.717) is 13.0 Å². The summed E-state index contributed by atoms with van der Waals surface area (Å²) in [5, 5.41) is 10.7. The number of hydrogen-bond donors (Lipinski definition) is 2. The number of unbranched alkanes of at least 4 members (excludes halogenated alkanes) is 1. The van der Waals surface area contributed by atoms with Crippen LogP contribution in [0.1, 0.15) is 12.8 Å². The molecule has 0 aliphatic carbocycles. The van der Waals surface area contributed by atoms with Gasteiger partial charge in [0, 0.05) is 13.2 Å². The minimum absolute atomic E-state index is 0.209. The van der Waals surface area contributed by atoms with Gasteiger partial charge in [-0.1, -0.05) is 0 Å². The predicted octanol–water partition coefficient (Wildman–Crippen LogP) is -0.495. The minimum Gasteiger partial charge on any atom is -0.396 e. The predicted molar refractivity (Wildman–Crippen MR) is 30.4 cm³/mol. The Morgan fingerprint density at radius 3 is 2.75 bits per heavy atom. The fraction of sp³-hybridized carbons (Fsp3) is 0.800. The summed E-state index contributed by atoms with van der Waals surface area (Å²) in [7, 11) is 0. The molecule has 0 heterocycles. The average molecular weight is 117 g/mol. The van der Waals surface area contributed by atoms with E-state index in [1.165, 1.54) is 0 Å². The third-order valence-corrected chi connectivity index (χ3v) is 0.813. The van der Waals surface area contributed by atoms with Crippen LogP contribution < -0.4 is 5.32 Å². The van der Waals surface area contributed by atoms with Gasteiger partial charge >= 0.3 is 0 Å². The molecule has 0 aromatic heterocycles. The van der Waals surface area contributed by atoms with E-state index in [2.05, 4.69) is 5.32 Å². The lowest BCUT2D eigenvalue weighted by molar-refractivity contribution is -0.109. The van der Waals surface area contributed by atoms with E-state index in [9.17, 15) is 4.79 Å². The standard InChI is InChI=1S/C5H11NO2/c7-4-2-1-3-6-5-8/h5,7H,1-4H2,(H,6,8). The SMILES string of the molecule is O=CNCCCCO. The Hall–Kier alpha value is -0.570. The van der Waals surface area contributed by atoms with Crippen LogP contribution in [-0.4, -0.2) is 24.7 Å². The number of amides is 1. The van der Waals surface area contributed by atoms with Crippen LogP contribution >= 0.6 is 0 Å². The molecule has 3 heteroatoms. The molecule has 0 aromatic rings. The van der Waals surface area contributed by atoms with Crippen LogP contribution in [0.3, 0.4) is 0 Å². The molecule has 0 aliphatic rings. The number of carbonyl (C=O) groups excluding carboxylic acids is 1. The summed E-state index contributed by atoms with van der Waals surface area (Å²) < 4.78 is 0. The van der Waals surface area contributed by atoms with Crippen molar-refractivity contribution in [3.05, 3.63) is 0 Å². The van der Waals surface area contributed by atoms with Gasteiger partial charge in [-0.2, -0.15) is 0 Å². The molecule has 0 fully saturated rings. The molecule has 0 aliphatic heterocycles. The fourth-order valence-electron chi connectivity index (χ4n) is 0.398. The van der Waals surface area contributed by atoms with Crippen molar-refractivity contribution in [1.82, 2.24) is 5.32 Å². The maximum absolute atomic E-state index is 9.59. The molecule has 8 heavy (non-hydrogen) atoms. The van der Waals surface area contributed by atoms with Crippen molar-refractivity contribution in [2.75, 3.05) is 13.2 Å². The molecule has 48 valence electrons. The zero-order valence-electron chi connectivity index (χ0n) is 4.76.